The number of carboxylic acid groups (broad SMARTS) is 2. The van der Waals surface area contributed by atoms with Gasteiger partial charge in [-0.15, -0.1) is 0 Å². The number of benzene rings is 1. The Balaban J connectivity index is 2.06. The van der Waals surface area contributed by atoms with E-state index in [1.165, 1.54) is 35.4 Å². The average Bonchev–Trinajstić information content (AvgIpc) is 2.94. The summed E-state index contributed by atoms with van der Waals surface area (Å²) in [5.41, 5.74) is 3.89. The van der Waals surface area contributed by atoms with Crippen molar-refractivity contribution in [1.82, 2.24) is 9.66 Å². The summed E-state index contributed by atoms with van der Waals surface area (Å²) in [7, 11) is 0. The first-order valence-corrected chi connectivity index (χ1v) is 6.66. The molecule has 120 valence electrons. The molecule has 2 aromatic rings. The van der Waals surface area contributed by atoms with E-state index in [9.17, 15) is 19.8 Å². The van der Waals surface area contributed by atoms with E-state index < -0.39 is 18.0 Å². The van der Waals surface area contributed by atoms with Crippen LogP contribution in [0.3, 0.4) is 0 Å². The van der Waals surface area contributed by atoms with Crippen molar-refractivity contribution in [3.8, 4) is 5.75 Å². The zero-order valence-corrected chi connectivity index (χ0v) is 12.0. The van der Waals surface area contributed by atoms with Gasteiger partial charge < -0.3 is 20.7 Å². The van der Waals surface area contributed by atoms with E-state index >= 15 is 0 Å². The summed E-state index contributed by atoms with van der Waals surface area (Å²) in [5, 5.41) is 27.1. The molecule has 0 spiro atoms. The number of aliphatic carboxylic acids is 2. The third-order valence-electron chi connectivity index (χ3n) is 2.98. The number of carbonyl (C=O) groups is 2. The highest BCUT2D eigenvalue weighted by atomic mass is 16.4. The van der Waals surface area contributed by atoms with Crippen molar-refractivity contribution >= 4 is 18.0 Å². The lowest BCUT2D eigenvalue weighted by molar-refractivity contribution is -0.138. The van der Waals surface area contributed by atoms with Crippen LogP contribution >= 0.6 is 0 Å². The number of carboxylic acids is 2. The first-order valence-electron chi connectivity index (χ1n) is 6.66. The van der Waals surface area contributed by atoms with Crippen molar-refractivity contribution in [3.63, 3.8) is 0 Å². The minimum Gasteiger partial charge on any atom is -0.508 e. The molecule has 23 heavy (non-hydrogen) atoms. The van der Waals surface area contributed by atoms with Crippen molar-refractivity contribution in [2.75, 3.05) is 5.43 Å². The number of hydrogen-bond acceptors (Lipinski definition) is 5. The fraction of sp³-hybridized carbons (Fsp3) is 0.133. The number of aromatic nitrogens is 2. The van der Waals surface area contributed by atoms with Crippen LogP contribution in [0.4, 0.5) is 0 Å². The largest absolute Gasteiger partial charge is 0.508 e. The molecule has 0 aliphatic carbocycles. The quantitative estimate of drug-likeness (QED) is 0.560. The molecule has 8 nitrogen and oxygen atoms in total. The van der Waals surface area contributed by atoms with E-state index in [-0.39, 0.29) is 12.2 Å². The number of phenolic OH excluding ortho intramolecular Hbond substituents is 1. The standard InChI is InChI=1S/C15H15N3O5/c19-12-4-1-10(2-5-12)7-13(15(22)23)17-18-8-11(16-9-18)3-6-14(20)21/h1-6,8-9,13,17,19H,7H2,(H,20,21)(H,22,23)/t13-/m0/s1. The molecular weight excluding hydrogens is 302 g/mol. The average molecular weight is 317 g/mol. The predicted molar refractivity (Wildman–Crippen MR) is 81.5 cm³/mol. The van der Waals surface area contributed by atoms with Gasteiger partial charge in [-0.1, -0.05) is 12.1 Å². The van der Waals surface area contributed by atoms with Gasteiger partial charge in [-0.2, -0.15) is 0 Å². The SMILES string of the molecule is O=C(O)C=Cc1cn(N[C@@H](Cc2ccc(O)cc2)C(=O)O)cn1. The number of nitrogens with one attached hydrogen (secondary N) is 1. The minimum absolute atomic E-state index is 0.109. The Labute approximate surface area is 131 Å². The summed E-state index contributed by atoms with van der Waals surface area (Å²) in [5.74, 6) is -2.03. The van der Waals surface area contributed by atoms with Gasteiger partial charge in [0.05, 0.1) is 11.9 Å². The molecule has 1 heterocycles. The first kappa shape index (κ1) is 16.1. The topological polar surface area (TPSA) is 125 Å². The van der Waals surface area contributed by atoms with Gasteiger partial charge in [-0.3, -0.25) is 4.68 Å². The smallest absolute Gasteiger partial charge is 0.328 e. The lowest BCUT2D eigenvalue weighted by Crippen LogP contribution is -2.36. The fourth-order valence-corrected chi connectivity index (χ4v) is 1.89. The number of rotatable bonds is 7. The molecule has 0 saturated carbocycles. The van der Waals surface area contributed by atoms with Gasteiger partial charge in [0.15, 0.2) is 0 Å². The van der Waals surface area contributed by atoms with Crippen LogP contribution in [0.1, 0.15) is 11.3 Å². The van der Waals surface area contributed by atoms with E-state index in [2.05, 4.69) is 10.4 Å². The Bertz CT molecular complexity index is 721. The van der Waals surface area contributed by atoms with Crippen molar-refractivity contribution in [2.45, 2.75) is 12.5 Å². The van der Waals surface area contributed by atoms with Gasteiger partial charge in [0.2, 0.25) is 0 Å². The molecule has 0 amide bonds. The molecule has 0 bridgehead atoms. The van der Waals surface area contributed by atoms with Gasteiger partial charge in [-0.25, -0.2) is 14.6 Å². The van der Waals surface area contributed by atoms with Crippen molar-refractivity contribution in [3.05, 3.63) is 54.1 Å². The third kappa shape index (κ3) is 4.88. The second-order valence-corrected chi connectivity index (χ2v) is 4.77. The van der Waals surface area contributed by atoms with Crippen molar-refractivity contribution < 1.29 is 24.9 Å². The van der Waals surface area contributed by atoms with Crippen LogP contribution in [0.25, 0.3) is 6.08 Å². The van der Waals surface area contributed by atoms with Crippen LogP contribution in [0, 0.1) is 0 Å². The molecule has 8 heteroatoms. The van der Waals surface area contributed by atoms with E-state index in [1.54, 1.807) is 12.1 Å². The Morgan fingerprint density at radius 2 is 1.96 bits per heavy atom. The number of phenols is 1. The summed E-state index contributed by atoms with van der Waals surface area (Å²) in [6.45, 7) is 0. The Morgan fingerprint density at radius 3 is 2.57 bits per heavy atom. The molecule has 1 atom stereocenters. The molecule has 4 N–H and O–H groups in total. The van der Waals surface area contributed by atoms with Crippen LogP contribution in [-0.4, -0.2) is 43.0 Å². The van der Waals surface area contributed by atoms with Crippen molar-refractivity contribution in [2.24, 2.45) is 0 Å². The monoisotopic (exact) mass is 317 g/mol. The second-order valence-electron chi connectivity index (χ2n) is 4.77. The van der Waals surface area contributed by atoms with Crippen LogP contribution in [0.15, 0.2) is 42.9 Å². The molecular formula is C15H15N3O5. The van der Waals surface area contributed by atoms with E-state index in [0.29, 0.717) is 5.69 Å². The maximum absolute atomic E-state index is 11.4. The van der Waals surface area contributed by atoms with Gasteiger partial charge in [0, 0.05) is 12.5 Å². The van der Waals surface area contributed by atoms with E-state index in [0.717, 1.165) is 11.6 Å². The zero-order chi connectivity index (χ0) is 16.8. The van der Waals surface area contributed by atoms with Gasteiger partial charge >= 0.3 is 11.9 Å². The number of aromatic hydroxyl groups is 1. The molecule has 2 rings (SSSR count). The molecule has 0 saturated heterocycles. The highest BCUT2D eigenvalue weighted by molar-refractivity contribution is 5.84. The molecule has 1 aromatic heterocycles. The Kier molecular flexibility index (Phi) is 4.98. The number of imidazole rings is 1. The lowest BCUT2D eigenvalue weighted by atomic mass is 10.1. The lowest BCUT2D eigenvalue weighted by Gasteiger charge is -2.16. The van der Waals surface area contributed by atoms with E-state index in [1.807, 2.05) is 0 Å². The zero-order valence-electron chi connectivity index (χ0n) is 12.0. The summed E-state index contributed by atoms with van der Waals surface area (Å²) >= 11 is 0. The number of hydrogen-bond donors (Lipinski definition) is 4. The molecule has 0 aliphatic heterocycles. The Morgan fingerprint density at radius 1 is 1.26 bits per heavy atom. The van der Waals surface area contributed by atoms with E-state index in [4.69, 9.17) is 5.11 Å². The van der Waals surface area contributed by atoms with Gasteiger partial charge in [-0.05, 0) is 23.8 Å². The Hall–Kier alpha value is -3.29. The summed E-state index contributed by atoms with van der Waals surface area (Å²) in [4.78, 5) is 25.7. The maximum Gasteiger partial charge on any atom is 0.328 e. The van der Waals surface area contributed by atoms with Gasteiger partial charge in [0.1, 0.15) is 18.1 Å². The van der Waals surface area contributed by atoms with Crippen LogP contribution in [0.2, 0.25) is 0 Å². The number of nitrogens with zero attached hydrogens (tertiary/aromatic N) is 2. The predicted octanol–water partition coefficient (Wildman–Crippen LogP) is 0.926. The molecule has 0 fully saturated rings. The molecule has 0 aliphatic rings. The minimum atomic E-state index is -1.09. The highest BCUT2D eigenvalue weighted by Gasteiger charge is 2.18. The summed E-state index contributed by atoms with van der Waals surface area (Å²) in [6, 6.07) is 5.34. The third-order valence-corrected chi connectivity index (χ3v) is 2.98. The van der Waals surface area contributed by atoms with Crippen LogP contribution in [-0.2, 0) is 16.0 Å². The summed E-state index contributed by atoms with van der Waals surface area (Å²) < 4.78 is 1.36. The van der Waals surface area contributed by atoms with Crippen molar-refractivity contribution in [1.29, 1.82) is 0 Å². The first-order chi connectivity index (χ1) is 10.9. The van der Waals surface area contributed by atoms with Crippen LogP contribution in [0.5, 0.6) is 5.75 Å². The van der Waals surface area contributed by atoms with Gasteiger partial charge in [0.25, 0.3) is 0 Å². The second kappa shape index (κ2) is 7.12. The maximum atomic E-state index is 11.4. The normalized spacial score (nSPS) is 12.2. The molecule has 0 radical (unpaired) electrons. The molecule has 1 aromatic carbocycles. The fourth-order valence-electron chi connectivity index (χ4n) is 1.89. The van der Waals surface area contributed by atoms with Crippen LogP contribution < -0.4 is 5.43 Å². The highest BCUT2D eigenvalue weighted by Crippen LogP contribution is 2.12. The molecule has 0 unspecified atom stereocenters. The summed E-state index contributed by atoms with van der Waals surface area (Å²) in [6.07, 6.45) is 5.28.